The molecule has 1 fully saturated rings. The van der Waals surface area contributed by atoms with Crippen LogP contribution < -0.4 is 0 Å². The fourth-order valence-corrected chi connectivity index (χ4v) is 1.36. The molecule has 2 nitrogen and oxygen atoms in total. The van der Waals surface area contributed by atoms with E-state index < -0.39 is 0 Å². The fraction of sp³-hybridized carbons (Fsp3) is 0.875. The Bertz CT molecular complexity index is 146. The van der Waals surface area contributed by atoms with Gasteiger partial charge < -0.3 is 0 Å². The van der Waals surface area contributed by atoms with E-state index in [9.17, 15) is 0 Å². The van der Waals surface area contributed by atoms with Crippen molar-refractivity contribution >= 4 is 0 Å². The molecule has 0 aromatic carbocycles. The lowest BCUT2D eigenvalue weighted by Gasteiger charge is -2.18. The number of likely N-dealkylation sites (tertiary alicyclic amines) is 1. The monoisotopic (exact) mass is 138 g/mol. The van der Waals surface area contributed by atoms with Gasteiger partial charge in [0.15, 0.2) is 0 Å². The zero-order valence-electron chi connectivity index (χ0n) is 6.67. The molecule has 10 heavy (non-hydrogen) atoms. The van der Waals surface area contributed by atoms with Crippen LogP contribution >= 0.6 is 0 Å². The molecule has 0 amide bonds. The van der Waals surface area contributed by atoms with Crippen molar-refractivity contribution in [2.45, 2.75) is 26.3 Å². The lowest BCUT2D eigenvalue weighted by molar-refractivity contribution is 0.271. The van der Waals surface area contributed by atoms with Crippen molar-refractivity contribution in [3.63, 3.8) is 0 Å². The van der Waals surface area contributed by atoms with Gasteiger partial charge in [-0.15, -0.1) is 0 Å². The van der Waals surface area contributed by atoms with E-state index in [-0.39, 0.29) is 0 Å². The molecule has 1 atom stereocenters. The van der Waals surface area contributed by atoms with Crippen LogP contribution in [0.4, 0.5) is 0 Å². The van der Waals surface area contributed by atoms with Gasteiger partial charge in [-0.05, 0) is 26.8 Å². The third-order valence-electron chi connectivity index (χ3n) is 2.13. The molecule has 1 saturated heterocycles. The summed E-state index contributed by atoms with van der Waals surface area (Å²) in [7, 11) is 0. The van der Waals surface area contributed by atoms with Crippen molar-refractivity contribution in [2.24, 2.45) is 5.92 Å². The molecule has 0 bridgehead atoms. The van der Waals surface area contributed by atoms with Crippen molar-refractivity contribution in [3.05, 3.63) is 0 Å². The van der Waals surface area contributed by atoms with E-state index in [1.807, 2.05) is 0 Å². The zero-order chi connectivity index (χ0) is 7.56. The second-order valence-electron chi connectivity index (χ2n) is 3.20. The average molecular weight is 138 g/mol. The van der Waals surface area contributed by atoms with Crippen molar-refractivity contribution in [3.8, 4) is 6.07 Å². The maximum absolute atomic E-state index is 8.59. The summed E-state index contributed by atoms with van der Waals surface area (Å²) in [6.07, 6.45) is 1.06. The Kier molecular flexibility index (Phi) is 2.29. The zero-order valence-corrected chi connectivity index (χ0v) is 6.67. The van der Waals surface area contributed by atoms with Gasteiger partial charge in [0.05, 0.1) is 12.0 Å². The number of hydrogen-bond donors (Lipinski definition) is 0. The van der Waals surface area contributed by atoms with Crippen LogP contribution in [0.3, 0.4) is 0 Å². The topological polar surface area (TPSA) is 27.0 Å². The lowest BCUT2D eigenvalue weighted by Crippen LogP contribution is -2.27. The molecule has 1 rings (SSSR count). The molecule has 1 aliphatic heterocycles. The fourth-order valence-electron chi connectivity index (χ4n) is 1.36. The standard InChI is InChI=1S/C8H14N2/c1-7(2)10-4-3-8(5-9)6-10/h7-8H,3-4,6H2,1-2H3/t8-/m0/s1. The Hall–Kier alpha value is -0.550. The van der Waals surface area contributed by atoms with Gasteiger partial charge in [-0.2, -0.15) is 5.26 Å². The normalized spacial score (nSPS) is 27.2. The highest BCUT2D eigenvalue weighted by Crippen LogP contribution is 2.16. The van der Waals surface area contributed by atoms with Gasteiger partial charge in [-0.3, -0.25) is 4.90 Å². The summed E-state index contributed by atoms with van der Waals surface area (Å²) in [4.78, 5) is 2.36. The minimum absolute atomic E-state index is 0.294. The highest BCUT2D eigenvalue weighted by Gasteiger charge is 2.23. The summed E-state index contributed by atoms with van der Waals surface area (Å²) in [5.74, 6) is 0.294. The van der Waals surface area contributed by atoms with Crippen LogP contribution in [0.25, 0.3) is 0 Å². The van der Waals surface area contributed by atoms with Crippen molar-refractivity contribution in [1.29, 1.82) is 5.26 Å². The Morgan fingerprint density at radius 3 is 2.60 bits per heavy atom. The van der Waals surface area contributed by atoms with E-state index >= 15 is 0 Å². The van der Waals surface area contributed by atoms with Gasteiger partial charge in [0.2, 0.25) is 0 Å². The highest BCUT2D eigenvalue weighted by atomic mass is 15.2. The summed E-state index contributed by atoms with van der Waals surface area (Å²) < 4.78 is 0. The number of rotatable bonds is 1. The van der Waals surface area contributed by atoms with E-state index in [0.717, 1.165) is 19.5 Å². The van der Waals surface area contributed by atoms with Crippen molar-refractivity contribution < 1.29 is 0 Å². The molecule has 0 spiro atoms. The van der Waals surface area contributed by atoms with Gasteiger partial charge in [-0.25, -0.2) is 0 Å². The maximum Gasteiger partial charge on any atom is 0.0669 e. The van der Waals surface area contributed by atoms with Gasteiger partial charge in [0, 0.05) is 12.6 Å². The van der Waals surface area contributed by atoms with E-state index in [2.05, 4.69) is 24.8 Å². The SMILES string of the molecule is CC(C)N1CC[C@@H](C#N)C1. The second-order valence-corrected chi connectivity index (χ2v) is 3.20. The van der Waals surface area contributed by atoms with Crippen LogP contribution in [-0.2, 0) is 0 Å². The Morgan fingerprint density at radius 1 is 1.60 bits per heavy atom. The number of hydrogen-bond acceptors (Lipinski definition) is 2. The first-order valence-electron chi connectivity index (χ1n) is 3.87. The van der Waals surface area contributed by atoms with Crippen LogP contribution in [0.15, 0.2) is 0 Å². The molecular formula is C8H14N2. The van der Waals surface area contributed by atoms with Crippen LogP contribution in [-0.4, -0.2) is 24.0 Å². The third kappa shape index (κ3) is 1.48. The van der Waals surface area contributed by atoms with Crippen molar-refractivity contribution in [2.75, 3.05) is 13.1 Å². The molecule has 0 aliphatic carbocycles. The molecule has 0 N–H and O–H groups in total. The maximum atomic E-state index is 8.59. The molecule has 0 aromatic rings. The first-order valence-corrected chi connectivity index (χ1v) is 3.87. The van der Waals surface area contributed by atoms with E-state index in [1.165, 1.54) is 0 Å². The Morgan fingerprint density at radius 2 is 2.30 bits per heavy atom. The summed E-state index contributed by atoms with van der Waals surface area (Å²) >= 11 is 0. The smallest absolute Gasteiger partial charge is 0.0669 e. The average Bonchev–Trinajstić information content (AvgIpc) is 2.34. The second kappa shape index (κ2) is 3.03. The summed E-state index contributed by atoms with van der Waals surface area (Å²) in [5.41, 5.74) is 0. The van der Waals surface area contributed by atoms with Crippen molar-refractivity contribution in [1.82, 2.24) is 4.90 Å². The molecule has 56 valence electrons. The largest absolute Gasteiger partial charge is 0.300 e. The molecule has 0 aromatic heterocycles. The summed E-state index contributed by atoms with van der Waals surface area (Å²) in [6.45, 7) is 6.45. The predicted molar refractivity (Wildman–Crippen MR) is 40.4 cm³/mol. The Labute approximate surface area is 62.4 Å². The van der Waals surface area contributed by atoms with E-state index in [1.54, 1.807) is 0 Å². The minimum atomic E-state index is 0.294. The molecule has 2 heteroatoms. The summed E-state index contributed by atoms with van der Waals surface area (Å²) in [5, 5.41) is 8.59. The van der Waals surface area contributed by atoms with Crippen LogP contribution in [0.5, 0.6) is 0 Å². The summed E-state index contributed by atoms with van der Waals surface area (Å²) in [6, 6.07) is 2.92. The highest BCUT2D eigenvalue weighted by molar-refractivity contribution is 4.91. The molecule has 1 aliphatic rings. The molecule has 1 heterocycles. The number of nitrogens with zero attached hydrogens (tertiary/aromatic N) is 2. The van der Waals surface area contributed by atoms with Gasteiger partial charge >= 0.3 is 0 Å². The van der Waals surface area contributed by atoms with Crippen LogP contribution in [0.2, 0.25) is 0 Å². The quantitative estimate of drug-likeness (QED) is 0.545. The molecular weight excluding hydrogens is 124 g/mol. The van der Waals surface area contributed by atoms with E-state index in [4.69, 9.17) is 5.26 Å². The van der Waals surface area contributed by atoms with Crippen LogP contribution in [0, 0.1) is 17.2 Å². The third-order valence-corrected chi connectivity index (χ3v) is 2.13. The van der Waals surface area contributed by atoms with E-state index in [0.29, 0.717) is 12.0 Å². The first-order chi connectivity index (χ1) is 4.74. The number of nitriles is 1. The lowest BCUT2D eigenvalue weighted by atomic mass is 10.1. The molecule has 0 unspecified atom stereocenters. The molecule has 0 saturated carbocycles. The van der Waals surface area contributed by atoms with Gasteiger partial charge in [0.25, 0.3) is 0 Å². The minimum Gasteiger partial charge on any atom is -0.300 e. The predicted octanol–water partition coefficient (Wildman–Crippen LogP) is 1.24. The van der Waals surface area contributed by atoms with Gasteiger partial charge in [0.1, 0.15) is 0 Å². The van der Waals surface area contributed by atoms with Gasteiger partial charge in [-0.1, -0.05) is 0 Å². The Balaban J connectivity index is 2.37. The van der Waals surface area contributed by atoms with Crippen LogP contribution in [0.1, 0.15) is 20.3 Å². The molecule has 0 radical (unpaired) electrons. The first kappa shape index (κ1) is 7.56.